The van der Waals surface area contributed by atoms with Crippen LogP contribution in [-0.2, 0) is 0 Å². The van der Waals surface area contributed by atoms with Gasteiger partial charge in [0, 0.05) is 12.2 Å². The molecule has 1 saturated heterocycles. The summed E-state index contributed by atoms with van der Waals surface area (Å²) in [6, 6.07) is 2.41. The van der Waals surface area contributed by atoms with Crippen molar-refractivity contribution < 1.29 is 4.74 Å². The van der Waals surface area contributed by atoms with Crippen molar-refractivity contribution in [1.82, 2.24) is 15.3 Å². The predicted octanol–water partition coefficient (Wildman–Crippen LogP) is 1.26. The van der Waals surface area contributed by atoms with Gasteiger partial charge in [-0.3, -0.25) is 0 Å². The topological polar surface area (TPSA) is 47.0 Å². The van der Waals surface area contributed by atoms with Crippen molar-refractivity contribution in [3.8, 4) is 6.01 Å². The fourth-order valence-electron chi connectivity index (χ4n) is 1.46. The van der Waals surface area contributed by atoms with E-state index in [1.807, 2.05) is 0 Å². The quantitative estimate of drug-likeness (QED) is 0.768. The maximum absolute atomic E-state index is 5.69. The van der Waals surface area contributed by atoms with E-state index in [9.17, 15) is 0 Å². The molecule has 0 unspecified atom stereocenters. The van der Waals surface area contributed by atoms with Gasteiger partial charge in [-0.2, -0.15) is 4.98 Å². The lowest BCUT2D eigenvalue weighted by Gasteiger charge is -2.10. The third-order valence-corrected chi connectivity index (χ3v) is 2.39. The van der Waals surface area contributed by atoms with Crippen LogP contribution in [0.25, 0.3) is 0 Å². The number of nitrogens with one attached hydrogen (secondary N) is 1. The fourth-order valence-corrected chi connectivity index (χ4v) is 1.59. The fraction of sp³-hybridized carbons (Fsp3) is 0.556. The van der Waals surface area contributed by atoms with Gasteiger partial charge in [-0.05, 0) is 25.5 Å². The number of nitrogens with zero attached hydrogens (tertiary/aromatic N) is 2. The van der Waals surface area contributed by atoms with Gasteiger partial charge in [-0.15, -0.1) is 0 Å². The van der Waals surface area contributed by atoms with E-state index in [0.29, 0.717) is 23.8 Å². The van der Waals surface area contributed by atoms with Gasteiger partial charge in [0.15, 0.2) is 0 Å². The summed E-state index contributed by atoms with van der Waals surface area (Å²) in [5.74, 6) is 0. The third-order valence-electron chi connectivity index (χ3n) is 2.18. The molecule has 1 N–H and O–H groups in total. The average Bonchev–Trinajstić information content (AvgIpc) is 2.67. The van der Waals surface area contributed by atoms with Gasteiger partial charge in [0.05, 0.1) is 0 Å². The van der Waals surface area contributed by atoms with Crippen LogP contribution in [0.15, 0.2) is 12.3 Å². The Bertz CT molecular complexity index is 302. The van der Waals surface area contributed by atoms with Crippen molar-refractivity contribution in [2.45, 2.75) is 18.9 Å². The van der Waals surface area contributed by atoms with Crippen molar-refractivity contribution >= 4 is 11.6 Å². The summed E-state index contributed by atoms with van der Waals surface area (Å²) in [6.07, 6.45) is 3.96. The molecule has 0 amide bonds. The van der Waals surface area contributed by atoms with Crippen LogP contribution in [0.4, 0.5) is 0 Å². The Morgan fingerprint density at radius 3 is 3.29 bits per heavy atom. The van der Waals surface area contributed by atoms with Crippen LogP contribution in [0.2, 0.25) is 5.15 Å². The first-order valence-electron chi connectivity index (χ1n) is 4.69. The standard InChI is InChI=1S/C9H12ClN3O/c10-8-3-5-12-9(13-8)14-6-7-2-1-4-11-7/h3,5,7,11H,1-2,4,6H2/t7-/m1/s1. The zero-order chi connectivity index (χ0) is 9.80. The number of halogens is 1. The van der Waals surface area contributed by atoms with E-state index in [1.54, 1.807) is 12.3 Å². The average molecular weight is 214 g/mol. The largest absolute Gasteiger partial charge is 0.462 e. The molecular formula is C9H12ClN3O. The van der Waals surface area contributed by atoms with E-state index < -0.39 is 0 Å². The zero-order valence-corrected chi connectivity index (χ0v) is 8.50. The van der Waals surface area contributed by atoms with Crippen molar-refractivity contribution in [3.63, 3.8) is 0 Å². The van der Waals surface area contributed by atoms with E-state index in [2.05, 4.69) is 15.3 Å². The predicted molar refractivity (Wildman–Crippen MR) is 53.6 cm³/mol. The highest BCUT2D eigenvalue weighted by atomic mass is 35.5. The van der Waals surface area contributed by atoms with E-state index in [-0.39, 0.29) is 0 Å². The Hall–Kier alpha value is -0.870. The Labute approximate surface area is 87.7 Å². The Kier molecular flexibility index (Phi) is 3.16. The second kappa shape index (κ2) is 4.57. The first-order chi connectivity index (χ1) is 6.84. The summed E-state index contributed by atoms with van der Waals surface area (Å²) in [6.45, 7) is 1.69. The molecular weight excluding hydrogens is 202 g/mol. The summed E-state index contributed by atoms with van der Waals surface area (Å²) >= 11 is 5.69. The minimum Gasteiger partial charge on any atom is -0.462 e. The highest BCUT2D eigenvalue weighted by Crippen LogP contribution is 2.10. The maximum Gasteiger partial charge on any atom is 0.317 e. The summed E-state index contributed by atoms with van der Waals surface area (Å²) in [4.78, 5) is 7.89. The molecule has 1 aliphatic heterocycles. The highest BCUT2D eigenvalue weighted by Gasteiger charge is 2.14. The van der Waals surface area contributed by atoms with Crippen LogP contribution in [0.3, 0.4) is 0 Å². The van der Waals surface area contributed by atoms with Crippen LogP contribution >= 0.6 is 11.6 Å². The number of rotatable bonds is 3. The van der Waals surface area contributed by atoms with E-state index in [4.69, 9.17) is 16.3 Å². The zero-order valence-electron chi connectivity index (χ0n) is 7.74. The van der Waals surface area contributed by atoms with Gasteiger partial charge in [0.25, 0.3) is 0 Å². The molecule has 1 aromatic heterocycles. The van der Waals surface area contributed by atoms with Crippen molar-refractivity contribution in [1.29, 1.82) is 0 Å². The summed E-state index contributed by atoms with van der Waals surface area (Å²) < 4.78 is 5.40. The van der Waals surface area contributed by atoms with Gasteiger partial charge in [-0.1, -0.05) is 11.6 Å². The second-order valence-corrected chi connectivity index (χ2v) is 3.65. The molecule has 0 aliphatic carbocycles. The van der Waals surface area contributed by atoms with Gasteiger partial charge >= 0.3 is 6.01 Å². The number of aromatic nitrogens is 2. The van der Waals surface area contributed by atoms with Crippen LogP contribution in [-0.4, -0.2) is 29.2 Å². The molecule has 2 heterocycles. The van der Waals surface area contributed by atoms with Crippen molar-refractivity contribution in [3.05, 3.63) is 17.4 Å². The Morgan fingerprint density at radius 2 is 2.57 bits per heavy atom. The minimum atomic E-state index is 0.353. The van der Waals surface area contributed by atoms with Gasteiger partial charge < -0.3 is 10.1 Å². The molecule has 5 heteroatoms. The lowest BCUT2D eigenvalue weighted by Crippen LogP contribution is -2.28. The normalized spacial score (nSPS) is 21.1. The van der Waals surface area contributed by atoms with Gasteiger partial charge in [0.2, 0.25) is 0 Å². The van der Waals surface area contributed by atoms with Crippen LogP contribution < -0.4 is 10.1 Å². The van der Waals surface area contributed by atoms with Gasteiger partial charge in [-0.25, -0.2) is 4.98 Å². The molecule has 14 heavy (non-hydrogen) atoms. The highest BCUT2D eigenvalue weighted by molar-refractivity contribution is 6.29. The third kappa shape index (κ3) is 2.56. The smallest absolute Gasteiger partial charge is 0.317 e. The molecule has 2 rings (SSSR count). The SMILES string of the molecule is Clc1ccnc(OC[C@H]2CCCN2)n1. The molecule has 0 bridgehead atoms. The molecule has 1 fully saturated rings. The first-order valence-corrected chi connectivity index (χ1v) is 5.07. The first kappa shape index (κ1) is 9.68. The maximum atomic E-state index is 5.69. The summed E-state index contributed by atoms with van der Waals surface area (Å²) in [7, 11) is 0. The van der Waals surface area contributed by atoms with Crippen LogP contribution in [0.5, 0.6) is 6.01 Å². The molecule has 4 nitrogen and oxygen atoms in total. The molecule has 1 atom stereocenters. The summed E-state index contributed by atoms with van der Waals surface area (Å²) in [5, 5.41) is 3.74. The molecule has 1 aromatic rings. The molecule has 0 spiro atoms. The van der Waals surface area contributed by atoms with E-state index in [1.165, 1.54) is 6.42 Å². The lowest BCUT2D eigenvalue weighted by molar-refractivity contribution is 0.257. The molecule has 1 aliphatic rings. The minimum absolute atomic E-state index is 0.353. The number of hydrogen-bond donors (Lipinski definition) is 1. The monoisotopic (exact) mass is 213 g/mol. The molecule has 76 valence electrons. The van der Waals surface area contributed by atoms with Crippen LogP contribution in [0.1, 0.15) is 12.8 Å². The van der Waals surface area contributed by atoms with Gasteiger partial charge in [0.1, 0.15) is 11.8 Å². The van der Waals surface area contributed by atoms with Crippen LogP contribution in [0, 0.1) is 0 Å². The van der Waals surface area contributed by atoms with E-state index in [0.717, 1.165) is 13.0 Å². The number of ether oxygens (including phenoxy) is 1. The Morgan fingerprint density at radius 1 is 1.64 bits per heavy atom. The molecule has 0 saturated carbocycles. The molecule has 0 aromatic carbocycles. The Balaban J connectivity index is 1.85. The second-order valence-electron chi connectivity index (χ2n) is 3.27. The van der Waals surface area contributed by atoms with Crippen molar-refractivity contribution in [2.24, 2.45) is 0 Å². The summed E-state index contributed by atoms with van der Waals surface area (Å²) in [5.41, 5.74) is 0. The van der Waals surface area contributed by atoms with Crippen molar-refractivity contribution in [2.75, 3.05) is 13.2 Å². The number of hydrogen-bond acceptors (Lipinski definition) is 4. The van der Waals surface area contributed by atoms with E-state index >= 15 is 0 Å². The molecule has 0 radical (unpaired) electrons. The lowest BCUT2D eigenvalue weighted by atomic mass is 10.2.